The Morgan fingerprint density at radius 2 is 2.10 bits per heavy atom. The van der Waals surface area contributed by atoms with Crippen molar-refractivity contribution in [3.8, 4) is 6.19 Å². The Bertz CT molecular complexity index is 120. The molecule has 0 atom stereocenters. The molecule has 2 heteroatoms. The summed E-state index contributed by atoms with van der Waals surface area (Å²) in [6, 6.07) is 0. The third-order valence-corrected chi connectivity index (χ3v) is 2.23. The summed E-state index contributed by atoms with van der Waals surface area (Å²) in [6.07, 6.45) is 8.69. The van der Waals surface area contributed by atoms with Gasteiger partial charge in [-0.05, 0) is 12.3 Å². The maximum atomic E-state index is 8.18. The number of nitrogens with zero attached hydrogens (tertiary/aromatic N) is 1. The molecule has 10 heavy (non-hydrogen) atoms. The second-order valence-electron chi connectivity index (χ2n) is 2.98. The smallest absolute Gasteiger partial charge is 0.176 e. The van der Waals surface area contributed by atoms with Gasteiger partial charge in [0, 0.05) is 6.54 Å². The number of nitrogens with one attached hydrogen (secondary N) is 1. The van der Waals surface area contributed by atoms with Crippen LogP contribution in [0.3, 0.4) is 0 Å². The van der Waals surface area contributed by atoms with Crippen LogP contribution >= 0.6 is 0 Å². The molecular weight excluding hydrogens is 124 g/mol. The maximum absolute atomic E-state index is 8.18. The van der Waals surface area contributed by atoms with Gasteiger partial charge in [-0.15, -0.1) is 0 Å². The van der Waals surface area contributed by atoms with Crippen molar-refractivity contribution >= 4 is 0 Å². The number of hydrogen-bond acceptors (Lipinski definition) is 2. The summed E-state index contributed by atoms with van der Waals surface area (Å²) in [7, 11) is 0. The predicted molar refractivity (Wildman–Crippen MR) is 40.2 cm³/mol. The summed E-state index contributed by atoms with van der Waals surface area (Å²) in [5.74, 6) is 0.904. The van der Waals surface area contributed by atoms with Crippen molar-refractivity contribution in [2.24, 2.45) is 5.92 Å². The third-order valence-electron chi connectivity index (χ3n) is 2.23. The zero-order valence-corrected chi connectivity index (χ0v) is 6.27. The lowest BCUT2D eigenvalue weighted by Crippen LogP contribution is -2.10. The molecule has 0 aliphatic heterocycles. The van der Waals surface area contributed by atoms with Crippen LogP contribution in [0.5, 0.6) is 0 Å². The summed E-state index contributed by atoms with van der Waals surface area (Å²) in [5.41, 5.74) is 0. The van der Waals surface area contributed by atoms with Gasteiger partial charge in [-0.2, -0.15) is 5.26 Å². The fourth-order valence-corrected chi connectivity index (χ4v) is 1.63. The highest BCUT2D eigenvalue weighted by molar-refractivity contribution is 4.71. The van der Waals surface area contributed by atoms with E-state index in [1.165, 1.54) is 32.1 Å². The number of hydrogen-bond donors (Lipinski definition) is 1. The van der Waals surface area contributed by atoms with Crippen LogP contribution in [0.25, 0.3) is 0 Å². The highest BCUT2D eigenvalue weighted by Crippen LogP contribution is 2.26. The third kappa shape index (κ3) is 2.26. The van der Waals surface area contributed by atoms with Crippen molar-refractivity contribution in [1.29, 1.82) is 5.26 Å². The average molecular weight is 138 g/mol. The monoisotopic (exact) mass is 138 g/mol. The molecular formula is C8H14N2. The molecule has 1 saturated carbocycles. The summed E-state index contributed by atoms with van der Waals surface area (Å²) in [5, 5.41) is 10.9. The molecule has 2 nitrogen and oxygen atoms in total. The average Bonchev–Trinajstić information content (AvgIpc) is 2.41. The summed E-state index contributed by atoms with van der Waals surface area (Å²) in [6.45, 7) is 0.876. The van der Waals surface area contributed by atoms with E-state index in [0.717, 1.165) is 12.5 Å². The van der Waals surface area contributed by atoms with E-state index >= 15 is 0 Å². The van der Waals surface area contributed by atoms with Gasteiger partial charge in [0.05, 0.1) is 0 Å². The van der Waals surface area contributed by atoms with Crippen LogP contribution in [-0.4, -0.2) is 6.54 Å². The second-order valence-corrected chi connectivity index (χ2v) is 2.98. The molecule has 0 spiro atoms. The molecule has 1 fully saturated rings. The summed E-state index contributed by atoms with van der Waals surface area (Å²) < 4.78 is 0. The lowest BCUT2D eigenvalue weighted by molar-refractivity contribution is 0.498. The zero-order valence-electron chi connectivity index (χ0n) is 6.27. The minimum atomic E-state index is 0.876. The molecule has 0 aromatic rings. The van der Waals surface area contributed by atoms with Gasteiger partial charge in [-0.25, -0.2) is 0 Å². The number of rotatable bonds is 3. The highest BCUT2D eigenvalue weighted by Gasteiger charge is 2.13. The van der Waals surface area contributed by atoms with E-state index in [0.29, 0.717) is 0 Å². The van der Waals surface area contributed by atoms with E-state index < -0.39 is 0 Å². The van der Waals surface area contributed by atoms with E-state index in [1.807, 2.05) is 6.19 Å². The van der Waals surface area contributed by atoms with Gasteiger partial charge in [0.25, 0.3) is 0 Å². The molecule has 1 aliphatic rings. The topological polar surface area (TPSA) is 35.8 Å². The Balaban J connectivity index is 1.97. The van der Waals surface area contributed by atoms with Crippen molar-refractivity contribution in [2.75, 3.05) is 6.54 Å². The molecule has 0 unspecified atom stereocenters. The molecule has 0 aromatic carbocycles. The van der Waals surface area contributed by atoms with Crippen LogP contribution in [0, 0.1) is 17.4 Å². The van der Waals surface area contributed by atoms with Gasteiger partial charge >= 0.3 is 0 Å². The van der Waals surface area contributed by atoms with Crippen molar-refractivity contribution in [3.63, 3.8) is 0 Å². The fraction of sp³-hybridized carbons (Fsp3) is 0.875. The van der Waals surface area contributed by atoms with E-state index in [9.17, 15) is 0 Å². The summed E-state index contributed by atoms with van der Waals surface area (Å²) in [4.78, 5) is 0. The summed E-state index contributed by atoms with van der Waals surface area (Å²) >= 11 is 0. The van der Waals surface area contributed by atoms with Gasteiger partial charge in [0.1, 0.15) is 0 Å². The van der Waals surface area contributed by atoms with Gasteiger partial charge < -0.3 is 5.32 Å². The Morgan fingerprint density at radius 3 is 2.70 bits per heavy atom. The van der Waals surface area contributed by atoms with E-state index in [2.05, 4.69) is 5.32 Å². The van der Waals surface area contributed by atoms with E-state index in [1.54, 1.807) is 0 Å². The Labute approximate surface area is 62.2 Å². The Morgan fingerprint density at radius 1 is 1.40 bits per heavy atom. The van der Waals surface area contributed by atoms with Crippen molar-refractivity contribution in [3.05, 3.63) is 0 Å². The first kappa shape index (κ1) is 7.40. The lowest BCUT2D eigenvalue weighted by Gasteiger charge is -2.05. The quantitative estimate of drug-likeness (QED) is 0.365. The van der Waals surface area contributed by atoms with Crippen LogP contribution in [0.4, 0.5) is 0 Å². The second kappa shape index (κ2) is 4.16. The van der Waals surface area contributed by atoms with Crippen LogP contribution in [0.1, 0.15) is 32.1 Å². The van der Waals surface area contributed by atoms with Crippen LogP contribution in [-0.2, 0) is 0 Å². The highest BCUT2D eigenvalue weighted by atomic mass is 14.8. The molecule has 0 heterocycles. The van der Waals surface area contributed by atoms with Crippen LogP contribution in [0.15, 0.2) is 0 Å². The van der Waals surface area contributed by atoms with Crippen LogP contribution < -0.4 is 5.32 Å². The minimum absolute atomic E-state index is 0.876. The lowest BCUT2D eigenvalue weighted by atomic mass is 10.0. The molecule has 56 valence electrons. The molecule has 0 aromatic heterocycles. The molecule has 0 bridgehead atoms. The number of nitriles is 1. The van der Waals surface area contributed by atoms with Gasteiger partial charge in [-0.1, -0.05) is 25.7 Å². The molecule has 1 N–H and O–H groups in total. The van der Waals surface area contributed by atoms with Gasteiger partial charge in [-0.3, -0.25) is 0 Å². The van der Waals surface area contributed by atoms with Crippen LogP contribution in [0.2, 0.25) is 0 Å². The zero-order chi connectivity index (χ0) is 7.23. The van der Waals surface area contributed by atoms with Crippen molar-refractivity contribution in [1.82, 2.24) is 5.32 Å². The SMILES string of the molecule is N#CNCCC1CCCC1. The van der Waals surface area contributed by atoms with E-state index in [4.69, 9.17) is 5.26 Å². The van der Waals surface area contributed by atoms with Gasteiger partial charge in [0.15, 0.2) is 6.19 Å². The predicted octanol–water partition coefficient (Wildman–Crippen LogP) is 1.64. The first-order valence-electron chi connectivity index (χ1n) is 4.05. The Hall–Kier alpha value is -0.710. The maximum Gasteiger partial charge on any atom is 0.176 e. The molecule has 0 saturated heterocycles. The first-order chi connectivity index (χ1) is 4.93. The molecule has 0 radical (unpaired) electrons. The van der Waals surface area contributed by atoms with Crippen molar-refractivity contribution < 1.29 is 0 Å². The first-order valence-corrected chi connectivity index (χ1v) is 4.05. The molecule has 1 aliphatic carbocycles. The molecule has 1 rings (SSSR count). The normalized spacial score (nSPS) is 18.7. The fourth-order valence-electron chi connectivity index (χ4n) is 1.63. The van der Waals surface area contributed by atoms with Crippen molar-refractivity contribution in [2.45, 2.75) is 32.1 Å². The van der Waals surface area contributed by atoms with E-state index in [-0.39, 0.29) is 0 Å². The minimum Gasteiger partial charge on any atom is -0.324 e. The largest absolute Gasteiger partial charge is 0.324 e. The van der Waals surface area contributed by atoms with Gasteiger partial charge in [0.2, 0.25) is 0 Å². The molecule has 0 amide bonds. The standard InChI is InChI=1S/C8H14N2/c9-7-10-6-5-8-3-1-2-4-8/h8,10H,1-6H2. The Kier molecular flexibility index (Phi) is 3.08.